The zero-order valence-corrected chi connectivity index (χ0v) is 14.9. The Morgan fingerprint density at radius 1 is 1.04 bits per heavy atom. The van der Waals surface area contributed by atoms with Crippen molar-refractivity contribution in [2.45, 2.75) is 26.7 Å². The van der Waals surface area contributed by atoms with Crippen molar-refractivity contribution in [3.8, 4) is 5.75 Å². The van der Waals surface area contributed by atoms with Crippen LogP contribution in [0.1, 0.15) is 46.0 Å². The van der Waals surface area contributed by atoms with Crippen molar-refractivity contribution in [2.75, 3.05) is 19.0 Å². The van der Waals surface area contributed by atoms with Crippen LogP contribution in [0.25, 0.3) is 0 Å². The highest BCUT2D eigenvalue weighted by molar-refractivity contribution is 6.06. The third-order valence-electron chi connectivity index (χ3n) is 3.81. The Bertz CT molecular complexity index is 756. The number of methoxy groups -OCH3 is 1. The van der Waals surface area contributed by atoms with Crippen molar-refractivity contribution in [1.82, 2.24) is 5.32 Å². The summed E-state index contributed by atoms with van der Waals surface area (Å²) in [4.78, 5) is 24.7. The molecule has 2 amide bonds. The monoisotopic (exact) mass is 340 g/mol. The second kappa shape index (κ2) is 8.87. The summed E-state index contributed by atoms with van der Waals surface area (Å²) in [6, 6.07) is 12.2. The first-order valence-electron chi connectivity index (χ1n) is 8.39. The number of unbranched alkanes of at least 4 members (excludes halogenated alkanes) is 1. The smallest absolute Gasteiger partial charge is 0.255 e. The molecule has 0 aliphatic rings. The molecular formula is C20H24N2O3. The Labute approximate surface area is 148 Å². The van der Waals surface area contributed by atoms with Crippen molar-refractivity contribution in [3.05, 3.63) is 59.2 Å². The SMILES string of the molecule is CCCCNC(=O)c1cccc(C(=O)Nc2cc(C)ccc2OC)c1. The number of carbonyl (C=O) groups excluding carboxylic acids is 2. The summed E-state index contributed by atoms with van der Waals surface area (Å²) in [5.41, 5.74) is 2.51. The Balaban J connectivity index is 2.13. The molecule has 0 unspecified atom stereocenters. The van der Waals surface area contributed by atoms with Crippen molar-refractivity contribution < 1.29 is 14.3 Å². The first-order valence-corrected chi connectivity index (χ1v) is 8.39. The van der Waals surface area contributed by atoms with E-state index in [0.717, 1.165) is 18.4 Å². The molecule has 0 fully saturated rings. The number of benzene rings is 2. The predicted molar refractivity (Wildman–Crippen MR) is 99.4 cm³/mol. The lowest BCUT2D eigenvalue weighted by Gasteiger charge is -2.11. The van der Waals surface area contributed by atoms with E-state index in [4.69, 9.17) is 4.74 Å². The molecule has 0 radical (unpaired) electrons. The van der Waals surface area contributed by atoms with Gasteiger partial charge in [0.05, 0.1) is 12.8 Å². The van der Waals surface area contributed by atoms with Crippen LogP contribution >= 0.6 is 0 Å². The van der Waals surface area contributed by atoms with Gasteiger partial charge in [0.15, 0.2) is 0 Å². The van der Waals surface area contributed by atoms with Crippen LogP contribution in [0.15, 0.2) is 42.5 Å². The fourth-order valence-electron chi connectivity index (χ4n) is 2.40. The molecule has 2 rings (SSSR count). The van der Waals surface area contributed by atoms with Gasteiger partial charge in [-0.2, -0.15) is 0 Å². The summed E-state index contributed by atoms with van der Waals surface area (Å²) in [6.45, 7) is 4.64. The van der Waals surface area contributed by atoms with Crippen LogP contribution in [0, 0.1) is 6.92 Å². The summed E-state index contributed by atoms with van der Waals surface area (Å²) in [5.74, 6) is 0.135. The van der Waals surface area contributed by atoms with Gasteiger partial charge in [0.2, 0.25) is 0 Å². The molecule has 0 aliphatic carbocycles. The second-order valence-electron chi connectivity index (χ2n) is 5.85. The quantitative estimate of drug-likeness (QED) is 0.754. The van der Waals surface area contributed by atoms with Crippen LogP contribution in [0.3, 0.4) is 0 Å². The molecule has 0 aromatic heterocycles. The molecule has 2 aromatic rings. The minimum Gasteiger partial charge on any atom is -0.495 e. The normalized spacial score (nSPS) is 10.2. The van der Waals surface area contributed by atoms with E-state index in [1.165, 1.54) is 0 Å². The number of nitrogens with one attached hydrogen (secondary N) is 2. The van der Waals surface area contributed by atoms with Crippen LogP contribution in [0.5, 0.6) is 5.75 Å². The van der Waals surface area contributed by atoms with Gasteiger partial charge in [-0.3, -0.25) is 9.59 Å². The lowest BCUT2D eigenvalue weighted by Crippen LogP contribution is -2.24. The largest absolute Gasteiger partial charge is 0.495 e. The average Bonchev–Trinajstić information content (AvgIpc) is 2.62. The van der Waals surface area contributed by atoms with Gasteiger partial charge in [-0.1, -0.05) is 25.5 Å². The highest BCUT2D eigenvalue weighted by atomic mass is 16.5. The van der Waals surface area contributed by atoms with Crippen molar-refractivity contribution in [3.63, 3.8) is 0 Å². The Morgan fingerprint density at radius 2 is 1.76 bits per heavy atom. The molecule has 2 aromatic carbocycles. The van der Waals surface area contributed by atoms with Gasteiger partial charge < -0.3 is 15.4 Å². The molecule has 5 nitrogen and oxygen atoms in total. The highest BCUT2D eigenvalue weighted by Crippen LogP contribution is 2.25. The molecule has 0 saturated carbocycles. The summed E-state index contributed by atoms with van der Waals surface area (Å²) in [5, 5.41) is 5.69. The predicted octanol–water partition coefficient (Wildman–Crippen LogP) is 3.79. The summed E-state index contributed by atoms with van der Waals surface area (Å²) < 4.78 is 5.28. The van der Waals surface area contributed by atoms with E-state index in [0.29, 0.717) is 29.1 Å². The average molecular weight is 340 g/mol. The van der Waals surface area contributed by atoms with Crippen LogP contribution < -0.4 is 15.4 Å². The van der Waals surface area contributed by atoms with Gasteiger partial charge in [0.25, 0.3) is 11.8 Å². The zero-order valence-electron chi connectivity index (χ0n) is 14.9. The number of amides is 2. The van der Waals surface area contributed by atoms with Crippen molar-refractivity contribution >= 4 is 17.5 Å². The van der Waals surface area contributed by atoms with Crippen LogP contribution in [-0.4, -0.2) is 25.5 Å². The third-order valence-corrected chi connectivity index (χ3v) is 3.81. The minimum atomic E-state index is -0.285. The van der Waals surface area contributed by atoms with Gasteiger partial charge >= 0.3 is 0 Å². The number of rotatable bonds is 7. The number of ether oxygens (including phenoxy) is 1. The van der Waals surface area contributed by atoms with E-state index in [2.05, 4.69) is 17.6 Å². The molecule has 0 aliphatic heterocycles. The fraction of sp³-hybridized carbons (Fsp3) is 0.300. The summed E-state index contributed by atoms with van der Waals surface area (Å²) in [6.07, 6.45) is 1.94. The lowest BCUT2D eigenvalue weighted by atomic mass is 10.1. The molecule has 2 N–H and O–H groups in total. The minimum absolute atomic E-state index is 0.170. The van der Waals surface area contributed by atoms with E-state index in [-0.39, 0.29) is 11.8 Å². The van der Waals surface area contributed by atoms with Crippen LogP contribution in [0.2, 0.25) is 0 Å². The Morgan fingerprint density at radius 3 is 2.44 bits per heavy atom. The maximum absolute atomic E-state index is 12.5. The summed E-state index contributed by atoms with van der Waals surface area (Å²) >= 11 is 0. The molecule has 0 heterocycles. The lowest BCUT2D eigenvalue weighted by molar-refractivity contribution is 0.0953. The Hall–Kier alpha value is -2.82. The first-order chi connectivity index (χ1) is 12.0. The first kappa shape index (κ1) is 18.5. The molecule has 0 bridgehead atoms. The number of carbonyl (C=O) groups is 2. The van der Waals surface area contributed by atoms with Gasteiger partial charge in [0, 0.05) is 17.7 Å². The topological polar surface area (TPSA) is 67.4 Å². The second-order valence-corrected chi connectivity index (χ2v) is 5.85. The van der Waals surface area contributed by atoms with E-state index in [9.17, 15) is 9.59 Å². The van der Waals surface area contributed by atoms with Crippen LogP contribution in [0.4, 0.5) is 5.69 Å². The zero-order chi connectivity index (χ0) is 18.2. The number of hydrogen-bond donors (Lipinski definition) is 2. The van der Waals surface area contributed by atoms with Gasteiger partial charge in [-0.25, -0.2) is 0 Å². The molecular weight excluding hydrogens is 316 g/mol. The molecule has 0 spiro atoms. The number of aryl methyl sites for hydroxylation is 1. The van der Waals surface area contributed by atoms with E-state index >= 15 is 0 Å². The summed E-state index contributed by atoms with van der Waals surface area (Å²) in [7, 11) is 1.56. The molecule has 25 heavy (non-hydrogen) atoms. The van der Waals surface area contributed by atoms with Gasteiger partial charge in [0.1, 0.15) is 5.75 Å². The maximum Gasteiger partial charge on any atom is 0.255 e. The van der Waals surface area contributed by atoms with Crippen molar-refractivity contribution in [1.29, 1.82) is 0 Å². The van der Waals surface area contributed by atoms with E-state index in [1.807, 2.05) is 25.1 Å². The molecule has 0 saturated heterocycles. The van der Waals surface area contributed by atoms with E-state index in [1.54, 1.807) is 31.4 Å². The highest BCUT2D eigenvalue weighted by Gasteiger charge is 2.12. The molecule has 132 valence electrons. The standard InChI is InChI=1S/C20H24N2O3/c1-4-5-11-21-19(23)15-7-6-8-16(13-15)20(24)22-17-12-14(2)9-10-18(17)25-3/h6-10,12-13H,4-5,11H2,1-3H3,(H,21,23)(H,22,24). The van der Waals surface area contributed by atoms with E-state index < -0.39 is 0 Å². The van der Waals surface area contributed by atoms with Gasteiger partial charge in [-0.05, 0) is 49.2 Å². The molecule has 5 heteroatoms. The number of hydrogen-bond acceptors (Lipinski definition) is 3. The van der Waals surface area contributed by atoms with Crippen LogP contribution in [-0.2, 0) is 0 Å². The number of anilines is 1. The third kappa shape index (κ3) is 5.08. The fourth-order valence-corrected chi connectivity index (χ4v) is 2.40. The Kier molecular flexibility index (Phi) is 6.57. The molecule has 0 atom stereocenters. The van der Waals surface area contributed by atoms with Crippen molar-refractivity contribution in [2.24, 2.45) is 0 Å². The maximum atomic E-state index is 12.5. The van der Waals surface area contributed by atoms with Gasteiger partial charge in [-0.15, -0.1) is 0 Å².